The van der Waals surface area contributed by atoms with Crippen molar-refractivity contribution in [3.05, 3.63) is 0 Å². The average Bonchev–Trinajstić information content (AvgIpc) is 3.08. The summed E-state index contributed by atoms with van der Waals surface area (Å²) >= 11 is 0. The zero-order chi connectivity index (χ0) is 52.9. The van der Waals surface area contributed by atoms with Crippen LogP contribution in [0.15, 0.2) is 0 Å². The molecule has 2 saturated carbocycles. The van der Waals surface area contributed by atoms with Gasteiger partial charge in [0.15, 0.2) is 0 Å². The maximum atomic E-state index is 15.4. The highest BCUT2D eigenvalue weighted by Crippen LogP contribution is 2.73. The second-order valence-electron chi connectivity index (χ2n) is 12.9. The van der Waals surface area contributed by atoms with Crippen LogP contribution in [0, 0.1) is 0 Å². The van der Waals surface area contributed by atoms with Crippen LogP contribution in [0.5, 0.6) is 0 Å². The van der Waals surface area contributed by atoms with Crippen molar-refractivity contribution in [3.63, 3.8) is 0 Å². The molecule has 0 spiro atoms. The van der Waals surface area contributed by atoms with Gasteiger partial charge in [-0.15, -0.1) is 8.61 Å². The zero-order valence-corrected chi connectivity index (χ0v) is 32.9. The molecule has 0 atom stereocenters. The van der Waals surface area contributed by atoms with Crippen molar-refractivity contribution in [1.82, 2.24) is 14.8 Å². The van der Waals surface area contributed by atoms with Crippen molar-refractivity contribution in [1.29, 1.82) is 0 Å². The Hall–Kier alpha value is -2.21. The molecule has 2 fully saturated rings. The Morgan fingerprint density at radius 1 is 0.424 bits per heavy atom. The van der Waals surface area contributed by atoms with E-state index in [4.69, 9.17) is 0 Å². The van der Waals surface area contributed by atoms with Gasteiger partial charge in [0, 0.05) is 13.1 Å². The molecule has 11 nitrogen and oxygen atoms in total. The fourth-order valence-electron chi connectivity index (χ4n) is 5.27. The third kappa shape index (κ3) is 6.76. The molecule has 0 heterocycles. The summed E-state index contributed by atoms with van der Waals surface area (Å²) in [6.07, 6.45) is -20.4. The Morgan fingerprint density at radius 3 is 0.758 bits per heavy atom. The van der Waals surface area contributed by atoms with Gasteiger partial charge in [-0.3, -0.25) is 0 Å². The largest absolute Gasteiger partial charge is 0.482 e. The molecule has 396 valence electrons. The Bertz CT molecular complexity index is 1930. The molecule has 0 aromatic carbocycles. The zero-order valence-electron chi connectivity index (χ0n) is 30.3. The van der Waals surface area contributed by atoms with Gasteiger partial charge in [0.25, 0.3) is 20.0 Å². The first-order chi connectivity index (χ1) is 27.8. The lowest BCUT2D eigenvalue weighted by molar-refractivity contribution is -0.470. The lowest BCUT2D eigenvalue weighted by Crippen LogP contribution is -2.86. The van der Waals surface area contributed by atoms with Gasteiger partial charge >= 0.3 is 101 Å². The van der Waals surface area contributed by atoms with E-state index in [1.54, 1.807) is 0 Å². The van der Waals surface area contributed by atoms with Crippen LogP contribution in [0.3, 0.4) is 0 Å². The van der Waals surface area contributed by atoms with E-state index >= 15 is 26.3 Å². The third-order valence-electron chi connectivity index (χ3n) is 8.70. The standard InChI is InChI=1S/C22H15F30N2O8PS2.H3N/c1-3-5-53(64(57,58)17(43)13(35,36)9(27,28)7(23,24)10(29,30)14(17,37)38)19(45,46)21(49,50)61-63(55,56)62-22(51,52)20(47,48)54(6-4-2)65(59,60)18(44)15(39,40)11(31,32)8(25,26)12(33,34)16(18,41)42;/h3-6H2,1-2H3,(H,55,56);1H3. The minimum absolute atomic E-state index is 0. The Kier molecular flexibility index (Phi) is 14.7. The molecule has 66 heavy (non-hydrogen) atoms. The van der Waals surface area contributed by atoms with Crippen LogP contribution in [0.4, 0.5) is 132 Å². The quantitative estimate of drug-likeness (QED) is 0.0870. The summed E-state index contributed by atoms with van der Waals surface area (Å²) in [4.78, 5) is 9.22. The number of hydrogen-bond donors (Lipinski definition) is 2. The van der Waals surface area contributed by atoms with Gasteiger partial charge in [-0.05, 0) is 12.8 Å². The molecule has 44 heteroatoms. The number of phosphoric acid groups is 1. The van der Waals surface area contributed by atoms with Crippen LogP contribution in [0.1, 0.15) is 26.7 Å². The summed E-state index contributed by atoms with van der Waals surface area (Å²) in [6, 6.07) is -16.3. The first-order valence-corrected chi connectivity index (χ1v) is 19.6. The van der Waals surface area contributed by atoms with Crippen LogP contribution in [-0.4, -0.2) is 137 Å². The molecule has 0 unspecified atom stereocenters. The first kappa shape index (κ1) is 61.8. The van der Waals surface area contributed by atoms with Crippen LogP contribution < -0.4 is 6.15 Å². The monoisotopic (exact) mass is 1120 g/mol. The van der Waals surface area contributed by atoms with E-state index in [-0.39, 0.29) is 20.0 Å². The second kappa shape index (κ2) is 15.6. The number of hydrogen-bond acceptors (Lipinski definition) is 8. The highest BCUT2D eigenvalue weighted by molar-refractivity contribution is 7.90. The lowest BCUT2D eigenvalue weighted by atomic mass is 9.80. The van der Waals surface area contributed by atoms with Gasteiger partial charge in [0.2, 0.25) is 0 Å². The molecule has 0 aromatic rings. The summed E-state index contributed by atoms with van der Waals surface area (Å²) in [5.74, 6) is -85.9. The summed E-state index contributed by atoms with van der Waals surface area (Å²) in [7, 11) is -28.1. The van der Waals surface area contributed by atoms with Crippen molar-refractivity contribution in [2.75, 3.05) is 13.1 Å². The summed E-state index contributed by atoms with van der Waals surface area (Å²) in [5, 5.41) is -17.6. The molecule has 0 aliphatic heterocycles. The molecule has 0 bridgehead atoms. The predicted octanol–water partition coefficient (Wildman–Crippen LogP) is 9.45. The van der Waals surface area contributed by atoms with E-state index in [0.29, 0.717) is 0 Å². The van der Waals surface area contributed by atoms with E-state index in [1.807, 2.05) is 9.05 Å². The van der Waals surface area contributed by atoms with Crippen molar-refractivity contribution in [2.24, 2.45) is 0 Å². The molecule has 2 aliphatic carbocycles. The van der Waals surface area contributed by atoms with Gasteiger partial charge in [0.1, 0.15) is 0 Å². The average molecular weight is 1120 g/mol. The molecular weight excluding hydrogens is 1100 g/mol. The summed E-state index contributed by atoms with van der Waals surface area (Å²) in [5.41, 5.74) is 0. The molecule has 0 aromatic heterocycles. The molecule has 0 amide bonds. The molecular formula is C22H18F30N3O8PS2. The van der Waals surface area contributed by atoms with Crippen molar-refractivity contribution in [2.45, 2.75) is 120 Å². The summed E-state index contributed by atoms with van der Waals surface area (Å²) in [6.45, 7) is -6.47. The molecule has 2 aliphatic rings. The van der Waals surface area contributed by atoms with Gasteiger partial charge < -0.3 is 11.0 Å². The Morgan fingerprint density at radius 2 is 0.591 bits per heavy atom. The number of nitrogens with zero attached hydrogens (tertiary/aromatic N) is 2. The van der Waals surface area contributed by atoms with Gasteiger partial charge in [-0.25, -0.2) is 39.2 Å². The predicted molar refractivity (Wildman–Crippen MR) is 146 cm³/mol. The molecule has 4 N–H and O–H groups in total. The van der Waals surface area contributed by atoms with Gasteiger partial charge in [-0.1, -0.05) is 13.8 Å². The first-order valence-electron chi connectivity index (χ1n) is 15.3. The maximum Gasteiger partial charge on any atom is 0.482 e. The topological polar surface area (TPSA) is 166 Å². The number of alkyl halides is 30. The number of halogens is 30. The SMILES string of the molecule is CCCN(C(F)(F)C(F)(F)OP(=O)(O)OC(F)(F)C(F)(F)N(CCC)S(=O)(=O)C1(F)C(F)(F)C(F)(F)C(F)(F)C(F)(F)C1(F)F)S(=O)(=O)C1(F)C(F)(F)C(F)(F)C(F)(F)C(F)(F)C1(F)F.N. The van der Waals surface area contributed by atoms with E-state index < -0.39 is 156 Å². The molecule has 0 radical (unpaired) electrons. The van der Waals surface area contributed by atoms with Crippen LogP contribution in [0.2, 0.25) is 0 Å². The van der Waals surface area contributed by atoms with Crippen LogP contribution in [-0.2, 0) is 33.7 Å². The third-order valence-corrected chi connectivity index (χ3v) is 14.1. The Balaban J connectivity index is 0.0000218. The number of rotatable bonds is 16. The minimum atomic E-state index is -9.54. The van der Waals surface area contributed by atoms with E-state index in [1.165, 1.54) is 0 Å². The van der Waals surface area contributed by atoms with Gasteiger partial charge in [-0.2, -0.15) is 123 Å². The smallest absolute Gasteiger partial charge is 0.344 e. The maximum absolute atomic E-state index is 15.4. The second-order valence-corrected chi connectivity index (χ2v) is 18.1. The van der Waals surface area contributed by atoms with Gasteiger partial charge in [0.05, 0.1) is 0 Å². The number of sulfonamides is 2. The number of phosphoric ester groups is 1. The highest BCUT2D eigenvalue weighted by Gasteiger charge is 3.06. The lowest BCUT2D eigenvalue weighted by Gasteiger charge is -2.52. The minimum Gasteiger partial charge on any atom is -0.344 e. The molecule has 0 saturated heterocycles. The van der Waals surface area contributed by atoms with Crippen LogP contribution in [0.25, 0.3) is 0 Å². The molecule has 2 rings (SSSR count). The Labute approximate surface area is 343 Å². The van der Waals surface area contributed by atoms with E-state index in [0.717, 1.165) is 0 Å². The fraction of sp³-hybridized carbons (Fsp3) is 1.00. The van der Waals surface area contributed by atoms with E-state index in [9.17, 15) is 132 Å². The van der Waals surface area contributed by atoms with Crippen molar-refractivity contribution in [3.8, 4) is 0 Å². The summed E-state index contributed by atoms with van der Waals surface area (Å²) < 4.78 is 490. The fourth-order valence-corrected chi connectivity index (χ4v) is 10.2. The highest BCUT2D eigenvalue weighted by atomic mass is 32.2. The van der Waals surface area contributed by atoms with Crippen LogP contribution >= 0.6 is 7.82 Å². The van der Waals surface area contributed by atoms with E-state index in [2.05, 4.69) is 0 Å². The normalized spacial score (nSPS) is 26.1. The van der Waals surface area contributed by atoms with Crippen molar-refractivity contribution >= 4 is 27.9 Å². The van der Waals surface area contributed by atoms with Crippen molar-refractivity contribution < 1.29 is 167 Å².